The molecule has 0 aliphatic heterocycles. The Morgan fingerprint density at radius 2 is 2.17 bits per heavy atom. The SMILES string of the molecule is C[N+](C)(C)C(=O)Cc1ccsc1. The summed E-state index contributed by atoms with van der Waals surface area (Å²) in [6, 6.07) is 2.00. The summed E-state index contributed by atoms with van der Waals surface area (Å²) in [6.07, 6.45) is 0.549. The number of carbonyl (C=O) groups excluding carboxylic acids is 1. The average Bonchev–Trinajstić information content (AvgIpc) is 2.37. The van der Waals surface area contributed by atoms with Gasteiger partial charge in [-0.05, 0) is 22.4 Å². The van der Waals surface area contributed by atoms with Crippen LogP contribution in [0.5, 0.6) is 0 Å². The number of thiophene rings is 1. The Bertz CT molecular complexity index is 259. The summed E-state index contributed by atoms with van der Waals surface area (Å²) in [6.45, 7) is 0. The van der Waals surface area contributed by atoms with Crippen LogP contribution in [-0.4, -0.2) is 31.5 Å². The van der Waals surface area contributed by atoms with Crippen molar-refractivity contribution in [3.05, 3.63) is 22.4 Å². The maximum atomic E-state index is 11.5. The van der Waals surface area contributed by atoms with Crippen molar-refractivity contribution in [3.8, 4) is 0 Å². The molecule has 0 spiro atoms. The molecule has 0 atom stereocenters. The van der Waals surface area contributed by atoms with Gasteiger partial charge in [0.1, 0.15) is 0 Å². The Morgan fingerprint density at radius 1 is 1.50 bits per heavy atom. The van der Waals surface area contributed by atoms with Crippen molar-refractivity contribution in [2.75, 3.05) is 21.1 Å². The van der Waals surface area contributed by atoms with E-state index >= 15 is 0 Å². The summed E-state index contributed by atoms with van der Waals surface area (Å²) in [5.41, 5.74) is 1.12. The van der Waals surface area contributed by atoms with Gasteiger partial charge in [-0.2, -0.15) is 11.3 Å². The van der Waals surface area contributed by atoms with Gasteiger partial charge in [-0.3, -0.25) is 4.48 Å². The molecule has 1 rings (SSSR count). The Hall–Kier alpha value is -0.670. The fourth-order valence-corrected chi connectivity index (χ4v) is 1.47. The van der Waals surface area contributed by atoms with Crippen LogP contribution < -0.4 is 0 Å². The highest BCUT2D eigenvalue weighted by molar-refractivity contribution is 7.07. The Balaban J connectivity index is 2.60. The normalized spacial score (nSPS) is 11.6. The van der Waals surface area contributed by atoms with Gasteiger partial charge in [0.15, 0.2) is 0 Å². The van der Waals surface area contributed by atoms with E-state index in [4.69, 9.17) is 0 Å². The highest BCUT2D eigenvalue weighted by Crippen LogP contribution is 2.08. The van der Waals surface area contributed by atoms with Crippen LogP contribution in [0.15, 0.2) is 16.8 Å². The summed E-state index contributed by atoms with van der Waals surface area (Å²) in [5.74, 6) is 0.244. The first-order valence-electron chi connectivity index (χ1n) is 3.86. The summed E-state index contributed by atoms with van der Waals surface area (Å²) in [4.78, 5) is 11.5. The van der Waals surface area contributed by atoms with Crippen molar-refractivity contribution in [2.24, 2.45) is 0 Å². The van der Waals surface area contributed by atoms with Gasteiger partial charge in [0, 0.05) is 0 Å². The molecule has 1 heterocycles. The van der Waals surface area contributed by atoms with Crippen molar-refractivity contribution in [3.63, 3.8) is 0 Å². The summed E-state index contributed by atoms with van der Waals surface area (Å²) < 4.78 is 0.399. The third kappa shape index (κ3) is 2.43. The predicted octanol–water partition coefficient (Wildman–Crippen LogP) is 1.52. The molecule has 0 radical (unpaired) electrons. The summed E-state index contributed by atoms with van der Waals surface area (Å²) in [7, 11) is 5.69. The van der Waals surface area contributed by atoms with Gasteiger partial charge in [0.25, 0.3) is 0 Å². The van der Waals surface area contributed by atoms with E-state index in [1.807, 2.05) is 38.0 Å². The first-order chi connectivity index (χ1) is 5.50. The second-order valence-electron chi connectivity index (χ2n) is 3.71. The fraction of sp³-hybridized carbons (Fsp3) is 0.444. The first kappa shape index (κ1) is 9.42. The minimum Gasteiger partial charge on any atom is -0.267 e. The molecular weight excluding hydrogens is 170 g/mol. The van der Waals surface area contributed by atoms with Crippen LogP contribution in [0.4, 0.5) is 0 Å². The molecule has 12 heavy (non-hydrogen) atoms. The Labute approximate surface area is 77.0 Å². The van der Waals surface area contributed by atoms with Crippen molar-refractivity contribution >= 4 is 17.2 Å². The summed E-state index contributed by atoms with van der Waals surface area (Å²) in [5, 5.41) is 4.02. The van der Waals surface area contributed by atoms with Gasteiger partial charge in [0.2, 0.25) is 0 Å². The quantitative estimate of drug-likeness (QED) is 0.637. The molecule has 1 amide bonds. The molecule has 0 bridgehead atoms. The molecule has 0 fully saturated rings. The molecule has 0 N–H and O–H groups in total. The second-order valence-corrected chi connectivity index (χ2v) is 4.49. The molecule has 0 aromatic carbocycles. The number of hydrogen-bond donors (Lipinski definition) is 0. The molecule has 0 saturated carbocycles. The zero-order valence-electron chi connectivity index (χ0n) is 7.70. The smallest absolute Gasteiger partial charge is 0.267 e. The van der Waals surface area contributed by atoms with Gasteiger partial charge < -0.3 is 0 Å². The molecule has 1 aromatic heterocycles. The van der Waals surface area contributed by atoms with E-state index in [9.17, 15) is 4.79 Å². The first-order valence-corrected chi connectivity index (χ1v) is 4.80. The minimum absolute atomic E-state index is 0.244. The number of carbonyl (C=O) groups is 1. The maximum absolute atomic E-state index is 11.5. The lowest BCUT2D eigenvalue weighted by atomic mass is 10.2. The molecule has 0 saturated heterocycles. The molecule has 66 valence electrons. The molecule has 0 unspecified atom stereocenters. The highest BCUT2D eigenvalue weighted by atomic mass is 32.1. The summed E-state index contributed by atoms with van der Waals surface area (Å²) >= 11 is 1.63. The van der Waals surface area contributed by atoms with E-state index in [0.717, 1.165) is 5.56 Å². The van der Waals surface area contributed by atoms with Gasteiger partial charge in [-0.15, -0.1) is 0 Å². The lowest BCUT2D eigenvalue weighted by Gasteiger charge is -2.20. The van der Waals surface area contributed by atoms with Crippen LogP contribution >= 0.6 is 11.3 Å². The highest BCUT2D eigenvalue weighted by Gasteiger charge is 2.20. The Kier molecular flexibility index (Phi) is 2.65. The standard InChI is InChI=1S/C9H14NOS/c1-10(2,3)9(11)6-8-4-5-12-7-8/h4-5,7H,6H2,1-3H3/q+1. The number of nitrogens with zero attached hydrogens (tertiary/aromatic N) is 1. The average molecular weight is 184 g/mol. The zero-order chi connectivity index (χ0) is 9.19. The van der Waals surface area contributed by atoms with E-state index in [2.05, 4.69) is 0 Å². The van der Waals surface area contributed by atoms with E-state index in [1.165, 1.54) is 0 Å². The van der Waals surface area contributed by atoms with Gasteiger partial charge >= 0.3 is 5.91 Å². The monoisotopic (exact) mass is 184 g/mol. The largest absolute Gasteiger partial charge is 0.317 e. The lowest BCUT2D eigenvalue weighted by Crippen LogP contribution is -2.42. The second kappa shape index (κ2) is 3.37. The van der Waals surface area contributed by atoms with Crippen LogP contribution in [0.25, 0.3) is 0 Å². The number of quaternary nitrogens is 1. The molecule has 1 aromatic rings. The topological polar surface area (TPSA) is 17.1 Å². The number of amides is 1. The molecule has 3 heteroatoms. The molecule has 0 aliphatic carbocycles. The van der Waals surface area contributed by atoms with E-state index in [1.54, 1.807) is 11.3 Å². The fourth-order valence-electron chi connectivity index (χ4n) is 0.805. The third-order valence-corrected chi connectivity index (χ3v) is 2.42. The molecular formula is C9H14NOS+. The van der Waals surface area contributed by atoms with Crippen molar-refractivity contribution < 1.29 is 9.28 Å². The zero-order valence-corrected chi connectivity index (χ0v) is 8.52. The number of rotatable bonds is 2. The number of hydrogen-bond acceptors (Lipinski definition) is 2. The van der Waals surface area contributed by atoms with Gasteiger partial charge in [-0.1, -0.05) is 0 Å². The van der Waals surface area contributed by atoms with E-state index < -0.39 is 0 Å². The predicted molar refractivity (Wildman–Crippen MR) is 51.1 cm³/mol. The molecule has 0 aliphatic rings. The van der Waals surface area contributed by atoms with Gasteiger partial charge in [0.05, 0.1) is 27.6 Å². The van der Waals surface area contributed by atoms with Gasteiger partial charge in [-0.25, -0.2) is 4.79 Å². The third-order valence-electron chi connectivity index (χ3n) is 1.68. The van der Waals surface area contributed by atoms with E-state index in [-0.39, 0.29) is 5.91 Å². The molecule has 2 nitrogen and oxygen atoms in total. The van der Waals surface area contributed by atoms with Crippen LogP contribution in [0, 0.1) is 0 Å². The van der Waals surface area contributed by atoms with E-state index in [0.29, 0.717) is 10.9 Å². The van der Waals surface area contributed by atoms with Crippen LogP contribution in [-0.2, 0) is 11.2 Å². The van der Waals surface area contributed by atoms with Crippen LogP contribution in [0.2, 0.25) is 0 Å². The Morgan fingerprint density at radius 3 is 2.58 bits per heavy atom. The van der Waals surface area contributed by atoms with Crippen LogP contribution in [0.3, 0.4) is 0 Å². The number of likely N-dealkylation sites (N-methyl/N-ethyl adjacent to an activating group) is 1. The maximum Gasteiger partial charge on any atom is 0.317 e. The van der Waals surface area contributed by atoms with Crippen molar-refractivity contribution in [1.82, 2.24) is 0 Å². The lowest BCUT2D eigenvalue weighted by molar-refractivity contribution is -0.792. The van der Waals surface area contributed by atoms with Crippen LogP contribution in [0.1, 0.15) is 5.56 Å². The van der Waals surface area contributed by atoms with Crippen molar-refractivity contribution in [1.29, 1.82) is 0 Å². The minimum atomic E-state index is 0.244. The van der Waals surface area contributed by atoms with Crippen molar-refractivity contribution in [2.45, 2.75) is 6.42 Å².